The minimum absolute atomic E-state index is 0.976. The van der Waals surface area contributed by atoms with E-state index in [0.717, 1.165) is 23.5 Å². The zero-order valence-electron chi connectivity index (χ0n) is 7.13. The number of thiol groups is 1. The van der Waals surface area contributed by atoms with Gasteiger partial charge in [-0.1, -0.05) is 25.7 Å². The Kier molecular flexibility index (Phi) is 2.45. The van der Waals surface area contributed by atoms with Crippen molar-refractivity contribution in [2.45, 2.75) is 38.5 Å². The highest BCUT2D eigenvalue weighted by Crippen LogP contribution is 2.45. The number of rotatable bonds is 2. The van der Waals surface area contributed by atoms with E-state index in [-0.39, 0.29) is 0 Å². The van der Waals surface area contributed by atoms with Gasteiger partial charge in [0.25, 0.3) is 0 Å². The van der Waals surface area contributed by atoms with Crippen molar-refractivity contribution in [1.29, 1.82) is 0 Å². The maximum absolute atomic E-state index is 4.43. The van der Waals surface area contributed by atoms with Crippen molar-refractivity contribution < 1.29 is 0 Å². The van der Waals surface area contributed by atoms with Gasteiger partial charge in [0.05, 0.1) is 0 Å². The molecule has 0 nitrogen and oxygen atoms in total. The predicted molar refractivity (Wildman–Crippen MR) is 52.0 cm³/mol. The minimum Gasteiger partial charge on any atom is -0.179 e. The summed E-state index contributed by atoms with van der Waals surface area (Å²) < 4.78 is 0. The van der Waals surface area contributed by atoms with E-state index < -0.39 is 0 Å². The zero-order valence-corrected chi connectivity index (χ0v) is 8.02. The molecule has 2 fully saturated rings. The molecular formula is C10H18S. The minimum atomic E-state index is 0.976. The second-order valence-electron chi connectivity index (χ2n) is 4.23. The van der Waals surface area contributed by atoms with E-state index in [9.17, 15) is 0 Å². The first-order valence-corrected chi connectivity index (χ1v) is 5.66. The molecule has 0 bridgehead atoms. The van der Waals surface area contributed by atoms with Crippen LogP contribution in [0.4, 0.5) is 0 Å². The van der Waals surface area contributed by atoms with Crippen LogP contribution in [0.2, 0.25) is 0 Å². The highest BCUT2D eigenvalue weighted by molar-refractivity contribution is 7.80. The Balaban J connectivity index is 1.89. The van der Waals surface area contributed by atoms with Crippen LogP contribution in [0.1, 0.15) is 38.5 Å². The van der Waals surface area contributed by atoms with Gasteiger partial charge in [-0.15, -0.1) is 0 Å². The molecule has 0 spiro atoms. The summed E-state index contributed by atoms with van der Waals surface area (Å²) in [5.74, 6) is 4.29. The molecule has 2 atom stereocenters. The Bertz CT molecular complexity index is 129. The molecule has 11 heavy (non-hydrogen) atoms. The maximum Gasteiger partial charge on any atom is -0.00668 e. The van der Waals surface area contributed by atoms with E-state index in [2.05, 4.69) is 12.6 Å². The third-order valence-electron chi connectivity index (χ3n) is 3.71. The van der Waals surface area contributed by atoms with Crippen molar-refractivity contribution in [3.05, 3.63) is 0 Å². The topological polar surface area (TPSA) is 0 Å². The average Bonchev–Trinajstić information content (AvgIpc) is 2.32. The molecule has 0 amide bonds. The Hall–Kier alpha value is 0.350. The summed E-state index contributed by atoms with van der Waals surface area (Å²) in [6.45, 7) is 0. The smallest absolute Gasteiger partial charge is 0.00668 e. The molecule has 2 saturated carbocycles. The fourth-order valence-corrected chi connectivity index (χ4v) is 3.23. The second-order valence-corrected chi connectivity index (χ2v) is 4.59. The lowest BCUT2D eigenvalue weighted by Gasteiger charge is -2.34. The van der Waals surface area contributed by atoms with Crippen LogP contribution < -0.4 is 0 Å². The standard InChI is InChI=1S/C10H18S/c11-7-9-5-2-6-10(9)8-3-1-4-8/h8-11H,1-7H2. The van der Waals surface area contributed by atoms with Crippen molar-refractivity contribution in [2.24, 2.45) is 17.8 Å². The van der Waals surface area contributed by atoms with Gasteiger partial charge in [-0.3, -0.25) is 0 Å². The molecule has 0 radical (unpaired) electrons. The van der Waals surface area contributed by atoms with Gasteiger partial charge >= 0.3 is 0 Å². The third-order valence-corrected chi connectivity index (χ3v) is 4.18. The second kappa shape index (κ2) is 3.38. The lowest BCUT2D eigenvalue weighted by atomic mass is 9.72. The van der Waals surface area contributed by atoms with E-state index >= 15 is 0 Å². The predicted octanol–water partition coefficient (Wildman–Crippen LogP) is 3.13. The van der Waals surface area contributed by atoms with Crippen LogP contribution in [0.25, 0.3) is 0 Å². The molecule has 2 aliphatic rings. The Morgan fingerprint density at radius 2 is 1.73 bits per heavy atom. The molecular weight excluding hydrogens is 152 g/mol. The third kappa shape index (κ3) is 1.44. The molecule has 64 valence electrons. The van der Waals surface area contributed by atoms with E-state index in [0.29, 0.717) is 0 Å². The van der Waals surface area contributed by atoms with Crippen LogP contribution in [0, 0.1) is 17.8 Å². The van der Waals surface area contributed by atoms with Crippen molar-refractivity contribution in [1.82, 2.24) is 0 Å². The highest BCUT2D eigenvalue weighted by Gasteiger charge is 2.35. The molecule has 1 heteroatoms. The van der Waals surface area contributed by atoms with Gasteiger partial charge in [0, 0.05) is 0 Å². The molecule has 2 aliphatic carbocycles. The van der Waals surface area contributed by atoms with Crippen molar-refractivity contribution in [3.8, 4) is 0 Å². The van der Waals surface area contributed by atoms with Crippen LogP contribution in [0.5, 0.6) is 0 Å². The van der Waals surface area contributed by atoms with Crippen LogP contribution in [0.3, 0.4) is 0 Å². The van der Waals surface area contributed by atoms with E-state index in [1.807, 2.05) is 0 Å². The molecule has 2 rings (SSSR count). The summed E-state index contributed by atoms with van der Waals surface area (Å²) in [6, 6.07) is 0. The maximum atomic E-state index is 4.43. The largest absolute Gasteiger partial charge is 0.179 e. The normalized spacial score (nSPS) is 39.0. The van der Waals surface area contributed by atoms with E-state index in [1.165, 1.54) is 38.5 Å². The Morgan fingerprint density at radius 3 is 2.27 bits per heavy atom. The van der Waals surface area contributed by atoms with Crippen LogP contribution in [-0.4, -0.2) is 5.75 Å². The van der Waals surface area contributed by atoms with Gasteiger partial charge < -0.3 is 0 Å². The van der Waals surface area contributed by atoms with Gasteiger partial charge in [-0.2, -0.15) is 12.6 Å². The summed E-state index contributed by atoms with van der Waals surface area (Å²) >= 11 is 4.43. The molecule has 0 heterocycles. The van der Waals surface area contributed by atoms with Crippen LogP contribution >= 0.6 is 12.6 Å². The lowest BCUT2D eigenvalue weighted by Crippen LogP contribution is -2.25. The summed E-state index contributed by atoms with van der Waals surface area (Å²) in [6.07, 6.45) is 9.00. The highest BCUT2D eigenvalue weighted by atomic mass is 32.1. The monoisotopic (exact) mass is 170 g/mol. The molecule has 0 aromatic heterocycles. The number of hydrogen-bond donors (Lipinski definition) is 1. The van der Waals surface area contributed by atoms with Crippen molar-refractivity contribution >= 4 is 12.6 Å². The number of hydrogen-bond acceptors (Lipinski definition) is 1. The summed E-state index contributed by atoms with van der Waals surface area (Å²) in [4.78, 5) is 0. The molecule has 0 aromatic rings. The first-order chi connectivity index (χ1) is 5.42. The fourth-order valence-electron chi connectivity index (χ4n) is 2.78. The van der Waals surface area contributed by atoms with Gasteiger partial charge in [0.2, 0.25) is 0 Å². The lowest BCUT2D eigenvalue weighted by molar-refractivity contribution is 0.175. The Labute approximate surface area is 75.2 Å². The van der Waals surface area contributed by atoms with Crippen molar-refractivity contribution in [3.63, 3.8) is 0 Å². The first-order valence-electron chi connectivity index (χ1n) is 5.02. The Morgan fingerprint density at radius 1 is 1.00 bits per heavy atom. The summed E-state index contributed by atoms with van der Waals surface area (Å²) in [7, 11) is 0. The fraction of sp³-hybridized carbons (Fsp3) is 1.00. The SMILES string of the molecule is SCC1CCCC1C1CCC1. The molecule has 0 N–H and O–H groups in total. The molecule has 2 unspecified atom stereocenters. The molecule has 0 aromatic carbocycles. The summed E-state index contributed by atoms with van der Waals surface area (Å²) in [5.41, 5.74) is 0. The van der Waals surface area contributed by atoms with Gasteiger partial charge in [-0.25, -0.2) is 0 Å². The zero-order chi connectivity index (χ0) is 7.68. The van der Waals surface area contributed by atoms with Crippen LogP contribution in [-0.2, 0) is 0 Å². The van der Waals surface area contributed by atoms with E-state index in [4.69, 9.17) is 0 Å². The molecule has 0 aliphatic heterocycles. The van der Waals surface area contributed by atoms with Crippen molar-refractivity contribution in [2.75, 3.05) is 5.75 Å². The van der Waals surface area contributed by atoms with Crippen LogP contribution in [0.15, 0.2) is 0 Å². The van der Waals surface area contributed by atoms with Gasteiger partial charge in [0.1, 0.15) is 0 Å². The van der Waals surface area contributed by atoms with Gasteiger partial charge in [-0.05, 0) is 36.3 Å². The first kappa shape index (κ1) is 7.97. The molecule has 0 saturated heterocycles. The average molecular weight is 170 g/mol. The van der Waals surface area contributed by atoms with E-state index in [1.54, 1.807) is 0 Å². The van der Waals surface area contributed by atoms with Gasteiger partial charge in [0.15, 0.2) is 0 Å². The quantitative estimate of drug-likeness (QED) is 0.605. The summed E-state index contributed by atoms with van der Waals surface area (Å²) in [5, 5.41) is 0.